The molecule has 19 heavy (non-hydrogen) atoms. The summed E-state index contributed by atoms with van der Waals surface area (Å²) in [6.45, 7) is 1.58. The Hall–Kier alpha value is -1.82. The van der Waals surface area contributed by atoms with Crippen molar-refractivity contribution in [2.45, 2.75) is 13.1 Å². The molecule has 0 saturated carbocycles. The number of carboxylic acids is 1. The van der Waals surface area contributed by atoms with Crippen LogP contribution in [0.4, 0.5) is 13.2 Å². The summed E-state index contributed by atoms with van der Waals surface area (Å²) >= 11 is 5.80. The van der Waals surface area contributed by atoms with Crippen LogP contribution >= 0.6 is 11.6 Å². The molecule has 3 nitrogen and oxygen atoms in total. The van der Waals surface area contributed by atoms with Crippen LogP contribution < -0.4 is 0 Å². The van der Waals surface area contributed by atoms with Gasteiger partial charge in [-0.25, -0.2) is 9.78 Å². The molecule has 2 aromatic rings. The molecule has 0 bridgehead atoms. The number of alkyl halides is 3. The first kappa shape index (κ1) is 13.6. The molecule has 7 heteroatoms. The molecule has 100 valence electrons. The molecule has 0 spiro atoms. The third-order valence-electron chi connectivity index (χ3n) is 2.64. The quantitative estimate of drug-likeness (QED) is 0.866. The van der Waals surface area contributed by atoms with Gasteiger partial charge in [-0.3, -0.25) is 0 Å². The van der Waals surface area contributed by atoms with Crippen LogP contribution in [0.15, 0.2) is 18.2 Å². The number of carboxylic acid groups (broad SMARTS) is 1. The highest BCUT2D eigenvalue weighted by Crippen LogP contribution is 2.37. The van der Waals surface area contributed by atoms with Crippen molar-refractivity contribution in [2.24, 2.45) is 0 Å². The maximum absolute atomic E-state index is 12.9. The summed E-state index contributed by atoms with van der Waals surface area (Å²) in [5, 5.41) is 8.65. The Morgan fingerprint density at radius 2 is 2.00 bits per heavy atom. The number of halogens is 4. The summed E-state index contributed by atoms with van der Waals surface area (Å²) < 4.78 is 38.6. The Balaban J connectivity index is 2.99. The molecule has 1 aromatic heterocycles. The van der Waals surface area contributed by atoms with Crippen molar-refractivity contribution >= 4 is 28.5 Å². The van der Waals surface area contributed by atoms with Crippen LogP contribution in [0, 0.1) is 6.92 Å². The van der Waals surface area contributed by atoms with Crippen molar-refractivity contribution in [2.75, 3.05) is 0 Å². The van der Waals surface area contributed by atoms with Gasteiger partial charge in [0.1, 0.15) is 5.56 Å². The van der Waals surface area contributed by atoms with Gasteiger partial charge in [0, 0.05) is 5.39 Å². The highest BCUT2D eigenvalue weighted by Gasteiger charge is 2.39. The molecule has 0 saturated heterocycles. The number of hydrogen-bond acceptors (Lipinski definition) is 2. The summed E-state index contributed by atoms with van der Waals surface area (Å²) in [5.74, 6) is -1.76. The van der Waals surface area contributed by atoms with Crippen molar-refractivity contribution in [3.05, 3.63) is 40.0 Å². The highest BCUT2D eigenvalue weighted by atomic mass is 35.5. The van der Waals surface area contributed by atoms with Crippen LogP contribution in [0.3, 0.4) is 0 Å². The molecule has 1 heterocycles. The Morgan fingerprint density at radius 3 is 2.53 bits per heavy atom. The predicted molar refractivity (Wildman–Crippen MR) is 63.5 cm³/mol. The molecule has 0 radical (unpaired) electrons. The van der Waals surface area contributed by atoms with Crippen molar-refractivity contribution < 1.29 is 23.1 Å². The van der Waals surface area contributed by atoms with Gasteiger partial charge in [-0.15, -0.1) is 0 Å². The van der Waals surface area contributed by atoms with Crippen molar-refractivity contribution in [3.8, 4) is 0 Å². The zero-order valence-corrected chi connectivity index (χ0v) is 10.3. The molecule has 0 amide bonds. The monoisotopic (exact) mass is 289 g/mol. The molecular weight excluding hydrogens is 283 g/mol. The molecule has 0 aliphatic carbocycles. The lowest BCUT2D eigenvalue weighted by Crippen LogP contribution is -2.16. The second kappa shape index (κ2) is 4.38. The first-order valence-corrected chi connectivity index (χ1v) is 5.50. The molecule has 1 aromatic carbocycles. The average Bonchev–Trinajstić information content (AvgIpc) is 2.28. The summed E-state index contributed by atoms with van der Waals surface area (Å²) in [7, 11) is 0. The molecule has 1 N–H and O–H groups in total. The van der Waals surface area contributed by atoms with Crippen molar-refractivity contribution in [3.63, 3.8) is 0 Å². The van der Waals surface area contributed by atoms with E-state index in [0.29, 0.717) is 5.56 Å². The van der Waals surface area contributed by atoms with Gasteiger partial charge in [0.15, 0.2) is 5.69 Å². The number of aryl methyl sites for hydroxylation is 1. The maximum Gasteiger partial charge on any atom is 0.434 e. The van der Waals surface area contributed by atoms with Crippen LogP contribution in [0.25, 0.3) is 10.9 Å². The fraction of sp³-hybridized carbons (Fsp3) is 0.167. The summed E-state index contributed by atoms with van der Waals surface area (Å²) in [4.78, 5) is 14.4. The normalized spacial score (nSPS) is 11.8. The highest BCUT2D eigenvalue weighted by molar-refractivity contribution is 6.38. The number of para-hydroxylation sites is 1. The molecule has 0 fully saturated rings. The number of nitrogens with zero attached hydrogens (tertiary/aromatic N) is 1. The first-order chi connectivity index (χ1) is 8.73. The number of hydrogen-bond donors (Lipinski definition) is 1. The van der Waals surface area contributed by atoms with E-state index in [1.807, 2.05) is 0 Å². The van der Waals surface area contributed by atoms with Gasteiger partial charge in [-0.05, 0) is 12.5 Å². The van der Waals surface area contributed by atoms with Gasteiger partial charge < -0.3 is 5.11 Å². The molecule has 2 rings (SSSR count). The number of rotatable bonds is 1. The van der Waals surface area contributed by atoms with Gasteiger partial charge in [0.2, 0.25) is 0 Å². The second-order valence-corrected chi connectivity index (χ2v) is 4.30. The molecular formula is C12H7ClF3NO2. The number of fused-ring (bicyclic) bond motifs is 1. The lowest BCUT2D eigenvalue weighted by atomic mass is 10.1. The average molecular weight is 290 g/mol. The van der Waals surface area contributed by atoms with Crippen LogP contribution in [0.1, 0.15) is 21.6 Å². The SMILES string of the molecule is Cc1cccc2c(Cl)c(C(=O)O)c(C(F)(F)F)nc12. The fourth-order valence-electron chi connectivity index (χ4n) is 1.79. The minimum atomic E-state index is -4.88. The number of aromatic carboxylic acids is 1. The Bertz CT molecular complexity index is 683. The van der Waals surface area contributed by atoms with Gasteiger partial charge in [-0.2, -0.15) is 13.2 Å². The largest absolute Gasteiger partial charge is 0.478 e. The summed E-state index contributed by atoms with van der Waals surface area (Å²) in [5.41, 5.74) is -1.97. The fourth-order valence-corrected chi connectivity index (χ4v) is 2.11. The second-order valence-electron chi connectivity index (χ2n) is 3.92. The smallest absolute Gasteiger partial charge is 0.434 e. The lowest BCUT2D eigenvalue weighted by molar-refractivity contribution is -0.141. The van der Waals surface area contributed by atoms with E-state index in [1.54, 1.807) is 19.1 Å². The number of benzene rings is 1. The van der Waals surface area contributed by atoms with E-state index in [0.717, 1.165) is 0 Å². The molecule has 0 unspecified atom stereocenters. The minimum absolute atomic E-state index is 0.0461. The standard InChI is InChI=1S/C12H7ClF3NO2/c1-5-3-2-4-6-8(13)7(11(18)19)10(12(14,15)16)17-9(5)6/h2-4H,1H3,(H,18,19). The van der Waals surface area contributed by atoms with Crippen LogP contribution in [0.2, 0.25) is 5.02 Å². The van der Waals surface area contributed by atoms with Crippen LogP contribution in [-0.2, 0) is 6.18 Å². The maximum atomic E-state index is 12.9. The van der Waals surface area contributed by atoms with Gasteiger partial charge in [-0.1, -0.05) is 29.8 Å². The molecule has 0 aliphatic rings. The van der Waals surface area contributed by atoms with Crippen molar-refractivity contribution in [1.82, 2.24) is 4.98 Å². The van der Waals surface area contributed by atoms with E-state index in [4.69, 9.17) is 16.7 Å². The molecule has 0 atom stereocenters. The zero-order valence-electron chi connectivity index (χ0n) is 9.55. The minimum Gasteiger partial charge on any atom is -0.478 e. The van der Waals surface area contributed by atoms with Crippen LogP contribution in [-0.4, -0.2) is 16.1 Å². The zero-order chi connectivity index (χ0) is 14.4. The summed E-state index contributed by atoms with van der Waals surface area (Å²) in [6.07, 6.45) is -4.88. The van der Waals surface area contributed by atoms with E-state index >= 15 is 0 Å². The lowest BCUT2D eigenvalue weighted by Gasteiger charge is -2.13. The predicted octanol–water partition coefficient (Wildman–Crippen LogP) is 3.91. The van der Waals surface area contributed by atoms with Crippen molar-refractivity contribution in [1.29, 1.82) is 0 Å². The van der Waals surface area contributed by atoms with Gasteiger partial charge in [0.25, 0.3) is 0 Å². The number of carbonyl (C=O) groups is 1. The first-order valence-electron chi connectivity index (χ1n) is 5.12. The van der Waals surface area contributed by atoms with E-state index < -0.39 is 28.4 Å². The van der Waals surface area contributed by atoms with Gasteiger partial charge >= 0.3 is 12.1 Å². The van der Waals surface area contributed by atoms with Crippen LogP contribution in [0.5, 0.6) is 0 Å². The Kier molecular flexibility index (Phi) is 3.14. The van der Waals surface area contributed by atoms with E-state index in [9.17, 15) is 18.0 Å². The topological polar surface area (TPSA) is 50.2 Å². The van der Waals surface area contributed by atoms with E-state index in [2.05, 4.69) is 4.98 Å². The number of aromatic nitrogens is 1. The van der Waals surface area contributed by atoms with E-state index in [-0.39, 0.29) is 10.9 Å². The Labute approximate surface area is 110 Å². The third kappa shape index (κ3) is 2.23. The Morgan fingerprint density at radius 1 is 1.37 bits per heavy atom. The van der Waals surface area contributed by atoms with E-state index in [1.165, 1.54) is 6.07 Å². The third-order valence-corrected chi connectivity index (χ3v) is 3.03. The van der Waals surface area contributed by atoms with Gasteiger partial charge in [0.05, 0.1) is 10.5 Å². The molecule has 0 aliphatic heterocycles. The summed E-state index contributed by atoms with van der Waals surface area (Å²) in [6, 6.07) is 4.58. The number of pyridine rings is 1.